The number of rotatable bonds is 3. The number of hydrogen-bond donors (Lipinski definition) is 1. The summed E-state index contributed by atoms with van der Waals surface area (Å²) >= 11 is 0. The third-order valence-corrected chi connectivity index (χ3v) is 3.17. The molecule has 19 heavy (non-hydrogen) atoms. The van der Waals surface area contributed by atoms with Crippen LogP contribution in [0.25, 0.3) is 0 Å². The summed E-state index contributed by atoms with van der Waals surface area (Å²) in [5, 5.41) is 8.89. The van der Waals surface area contributed by atoms with E-state index in [2.05, 4.69) is 0 Å². The molecule has 0 spiro atoms. The highest BCUT2D eigenvalue weighted by Crippen LogP contribution is 2.70. The molecule has 0 saturated heterocycles. The average Bonchev–Trinajstić information content (AvgIpc) is 2.30. The summed E-state index contributed by atoms with van der Waals surface area (Å²) in [6, 6.07) is 0. The minimum absolute atomic E-state index is 0.547. The lowest BCUT2D eigenvalue weighted by molar-refractivity contribution is -0.303. The number of alkyl halides is 9. The van der Waals surface area contributed by atoms with Gasteiger partial charge in [0.05, 0.1) is 6.10 Å². The van der Waals surface area contributed by atoms with E-state index in [4.69, 9.17) is 5.11 Å². The van der Waals surface area contributed by atoms with E-state index < -0.39 is 48.3 Å². The molecule has 0 radical (unpaired) electrons. The molecule has 1 N–H and O–H groups in total. The molecule has 114 valence electrons. The number of hydrogen-bond acceptors (Lipinski definition) is 1. The van der Waals surface area contributed by atoms with Crippen molar-refractivity contribution < 1.29 is 44.6 Å². The van der Waals surface area contributed by atoms with Crippen molar-refractivity contribution in [2.45, 2.75) is 55.2 Å². The van der Waals surface area contributed by atoms with E-state index in [-0.39, 0.29) is 0 Å². The fourth-order valence-corrected chi connectivity index (χ4v) is 1.81. The van der Waals surface area contributed by atoms with Crippen LogP contribution in [0.1, 0.15) is 19.8 Å². The molecule has 1 fully saturated rings. The van der Waals surface area contributed by atoms with Gasteiger partial charge in [0.1, 0.15) is 0 Å². The Morgan fingerprint density at radius 2 is 1.05 bits per heavy atom. The summed E-state index contributed by atoms with van der Waals surface area (Å²) in [6.45, 7) is 1.05. The van der Waals surface area contributed by atoms with Crippen LogP contribution in [-0.4, -0.2) is 40.6 Å². The Hall–Kier alpha value is -0.670. The molecule has 1 saturated carbocycles. The summed E-state index contributed by atoms with van der Waals surface area (Å²) in [7, 11) is 0. The van der Waals surface area contributed by atoms with Gasteiger partial charge in [0.15, 0.2) is 0 Å². The van der Waals surface area contributed by atoms with Crippen molar-refractivity contribution in [3.05, 3.63) is 0 Å². The zero-order valence-electron chi connectivity index (χ0n) is 9.34. The van der Waals surface area contributed by atoms with Gasteiger partial charge in [0, 0.05) is 6.42 Å². The van der Waals surface area contributed by atoms with Gasteiger partial charge in [-0.1, -0.05) is 6.92 Å². The molecule has 0 amide bonds. The SMILES string of the molecule is CCC(O)CC1(F)C(F)(F)C(F)(F)C(F)(F)C1(F)F. The smallest absolute Gasteiger partial charge is 0.381 e. The van der Waals surface area contributed by atoms with Gasteiger partial charge >= 0.3 is 23.7 Å². The second kappa shape index (κ2) is 3.92. The fourth-order valence-electron chi connectivity index (χ4n) is 1.81. The Morgan fingerprint density at radius 3 is 1.32 bits per heavy atom. The molecule has 10 heteroatoms. The first-order chi connectivity index (χ1) is 8.20. The normalized spacial score (nSPS) is 31.1. The van der Waals surface area contributed by atoms with Crippen molar-refractivity contribution in [3.63, 3.8) is 0 Å². The van der Waals surface area contributed by atoms with Gasteiger partial charge in [-0.15, -0.1) is 0 Å². The molecule has 0 aromatic rings. The van der Waals surface area contributed by atoms with Crippen molar-refractivity contribution in [1.29, 1.82) is 0 Å². The second-order valence-corrected chi connectivity index (χ2v) is 4.36. The predicted molar refractivity (Wildman–Crippen MR) is 44.5 cm³/mol. The van der Waals surface area contributed by atoms with Gasteiger partial charge in [-0.2, -0.15) is 35.1 Å². The molecule has 0 aliphatic heterocycles. The Bertz CT molecular complexity index is 339. The lowest BCUT2D eigenvalue weighted by Gasteiger charge is -2.32. The monoisotopic (exact) mass is 304 g/mol. The van der Waals surface area contributed by atoms with Crippen LogP contribution in [0.4, 0.5) is 39.5 Å². The maximum atomic E-state index is 13.7. The van der Waals surface area contributed by atoms with Crippen LogP contribution in [0.15, 0.2) is 0 Å². The van der Waals surface area contributed by atoms with Crippen molar-refractivity contribution in [2.24, 2.45) is 0 Å². The van der Waals surface area contributed by atoms with E-state index in [1.54, 1.807) is 0 Å². The van der Waals surface area contributed by atoms with Crippen LogP contribution in [-0.2, 0) is 0 Å². The van der Waals surface area contributed by atoms with Crippen molar-refractivity contribution >= 4 is 0 Å². The Labute approximate surface area is 101 Å². The first kappa shape index (κ1) is 16.4. The molecule has 1 aliphatic carbocycles. The Morgan fingerprint density at radius 1 is 0.737 bits per heavy atom. The lowest BCUT2D eigenvalue weighted by Crippen LogP contribution is -2.56. The molecule has 1 aliphatic rings. The molecular formula is C9H9F9O. The number of aliphatic hydroxyl groups excluding tert-OH is 1. The first-order valence-electron chi connectivity index (χ1n) is 5.09. The van der Waals surface area contributed by atoms with Gasteiger partial charge < -0.3 is 5.11 Å². The maximum Gasteiger partial charge on any atom is 0.381 e. The maximum absolute atomic E-state index is 13.7. The van der Waals surface area contributed by atoms with Crippen LogP contribution >= 0.6 is 0 Å². The minimum Gasteiger partial charge on any atom is -0.393 e. The zero-order valence-corrected chi connectivity index (χ0v) is 9.34. The molecule has 1 rings (SSSR count). The molecule has 0 bridgehead atoms. The van der Waals surface area contributed by atoms with E-state index in [0.29, 0.717) is 0 Å². The molecule has 1 nitrogen and oxygen atoms in total. The van der Waals surface area contributed by atoms with Crippen LogP contribution in [0.5, 0.6) is 0 Å². The second-order valence-electron chi connectivity index (χ2n) is 4.36. The largest absolute Gasteiger partial charge is 0.393 e. The lowest BCUT2D eigenvalue weighted by atomic mass is 9.89. The molecule has 0 heterocycles. The summed E-state index contributed by atoms with van der Waals surface area (Å²) in [5.41, 5.74) is -5.54. The van der Waals surface area contributed by atoms with E-state index in [9.17, 15) is 39.5 Å². The van der Waals surface area contributed by atoms with E-state index >= 15 is 0 Å². The van der Waals surface area contributed by atoms with Crippen LogP contribution in [0, 0.1) is 0 Å². The summed E-state index contributed by atoms with van der Waals surface area (Å²) < 4.78 is 117. The van der Waals surface area contributed by atoms with Crippen LogP contribution in [0.2, 0.25) is 0 Å². The Kier molecular flexibility index (Phi) is 3.38. The Balaban J connectivity index is 3.46. The quantitative estimate of drug-likeness (QED) is 0.792. The fraction of sp³-hybridized carbons (Fsp3) is 1.00. The zero-order chi connectivity index (χ0) is 15.5. The first-order valence-corrected chi connectivity index (χ1v) is 5.09. The third kappa shape index (κ3) is 1.55. The van der Waals surface area contributed by atoms with Crippen LogP contribution in [0.3, 0.4) is 0 Å². The van der Waals surface area contributed by atoms with Gasteiger partial charge in [-0.3, -0.25) is 0 Å². The van der Waals surface area contributed by atoms with Gasteiger partial charge in [-0.25, -0.2) is 4.39 Å². The van der Waals surface area contributed by atoms with E-state index in [1.807, 2.05) is 0 Å². The average molecular weight is 304 g/mol. The molecular weight excluding hydrogens is 295 g/mol. The van der Waals surface area contributed by atoms with Crippen LogP contribution < -0.4 is 0 Å². The highest BCUT2D eigenvalue weighted by molar-refractivity contribution is 5.27. The molecule has 1 atom stereocenters. The van der Waals surface area contributed by atoms with Gasteiger partial charge in [0.25, 0.3) is 5.67 Å². The number of halogens is 9. The van der Waals surface area contributed by atoms with Crippen molar-refractivity contribution in [1.82, 2.24) is 0 Å². The van der Waals surface area contributed by atoms with Crippen molar-refractivity contribution in [3.8, 4) is 0 Å². The standard InChI is InChI=1S/C9H9F9O/c1-2-4(19)3-5(10)6(11,12)8(15,16)9(17,18)7(5,13)14/h4,19H,2-3H2,1H3. The molecule has 1 unspecified atom stereocenters. The summed E-state index contributed by atoms with van der Waals surface area (Å²) in [4.78, 5) is 0. The van der Waals surface area contributed by atoms with Gasteiger partial charge in [-0.05, 0) is 6.42 Å². The van der Waals surface area contributed by atoms with Gasteiger partial charge in [0.2, 0.25) is 0 Å². The highest BCUT2D eigenvalue weighted by atomic mass is 19.4. The third-order valence-electron chi connectivity index (χ3n) is 3.17. The molecule has 0 aromatic heterocycles. The van der Waals surface area contributed by atoms with E-state index in [0.717, 1.165) is 6.92 Å². The predicted octanol–water partition coefficient (Wildman–Crippen LogP) is 3.41. The summed E-state index contributed by atoms with van der Waals surface area (Å²) in [5.74, 6) is -25.8. The highest BCUT2D eigenvalue weighted by Gasteiger charge is 3.00. The summed E-state index contributed by atoms with van der Waals surface area (Å²) in [6.07, 6.45) is -4.96. The minimum atomic E-state index is -6.56. The molecule has 0 aromatic carbocycles. The number of aliphatic hydroxyl groups is 1. The topological polar surface area (TPSA) is 20.2 Å². The van der Waals surface area contributed by atoms with Crippen molar-refractivity contribution in [2.75, 3.05) is 0 Å². The van der Waals surface area contributed by atoms with E-state index in [1.165, 1.54) is 0 Å².